The van der Waals surface area contributed by atoms with E-state index in [1.54, 1.807) is 0 Å². The molecule has 0 spiro atoms. The van der Waals surface area contributed by atoms with Crippen molar-refractivity contribution in [3.63, 3.8) is 0 Å². The first-order valence-corrected chi connectivity index (χ1v) is 15.8. The summed E-state index contributed by atoms with van der Waals surface area (Å²) in [6.07, 6.45) is 0. The van der Waals surface area contributed by atoms with Crippen LogP contribution in [0.15, 0.2) is 162 Å². The van der Waals surface area contributed by atoms with E-state index in [1.165, 1.54) is 66.8 Å². The third-order valence-corrected chi connectivity index (χ3v) is 9.21. The highest BCUT2D eigenvalue weighted by atomic mass is 16.5. The van der Waals surface area contributed by atoms with Crippen molar-refractivity contribution in [1.82, 2.24) is 0 Å². The van der Waals surface area contributed by atoms with Gasteiger partial charge in [0.05, 0.1) is 13.2 Å². The van der Waals surface area contributed by atoms with Gasteiger partial charge in [0.2, 0.25) is 0 Å². The summed E-state index contributed by atoms with van der Waals surface area (Å²) in [4.78, 5) is 0. The van der Waals surface area contributed by atoms with Crippen molar-refractivity contribution in [2.45, 2.75) is 13.2 Å². The first kappa shape index (κ1) is 26.7. The average molecular weight is 591 g/mol. The fourth-order valence-corrected chi connectivity index (χ4v) is 6.85. The van der Waals surface area contributed by atoms with Crippen LogP contribution in [-0.4, -0.2) is 0 Å². The Balaban J connectivity index is 1.14. The molecule has 2 heteroatoms. The molecule has 46 heavy (non-hydrogen) atoms. The molecule has 0 amide bonds. The van der Waals surface area contributed by atoms with Gasteiger partial charge in [0, 0.05) is 10.8 Å². The Kier molecular flexibility index (Phi) is 6.40. The summed E-state index contributed by atoms with van der Waals surface area (Å²) < 4.78 is 12.3. The zero-order valence-corrected chi connectivity index (χ0v) is 25.2. The lowest BCUT2D eigenvalue weighted by atomic mass is 9.89. The molecule has 2 heterocycles. The second-order valence-corrected chi connectivity index (χ2v) is 12.1. The Morgan fingerprint density at radius 3 is 1.65 bits per heavy atom. The smallest absolute Gasteiger partial charge is 0.135 e. The Morgan fingerprint density at radius 1 is 0.326 bits per heavy atom. The second kappa shape index (κ2) is 11.0. The summed E-state index contributed by atoms with van der Waals surface area (Å²) >= 11 is 0. The summed E-state index contributed by atoms with van der Waals surface area (Å²) in [6.45, 7) is 1.16. The molecule has 0 saturated carbocycles. The van der Waals surface area contributed by atoms with Gasteiger partial charge in [0.25, 0.3) is 0 Å². The predicted molar refractivity (Wildman–Crippen MR) is 189 cm³/mol. The molecule has 1 aromatic heterocycles. The van der Waals surface area contributed by atoms with Crippen LogP contribution in [0.3, 0.4) is 0 Å². The highest BCUT2D eigenvalue weighted by molar-refractivity contribution is 6.06. The molecule has 0 atom stereocenters. The lowest BCUT2D eigenvalue weighted by molar-refractivity contribution is 0.110. The van der Waals surface area contributed by atoms with Crippen molar-refractivity contribution in [1.29, 1.82) is 0 Å². The average Bonchev–Trinajstić information content (AvgIpc) is 3.40. The van der Waals surface area contributed by atoms with E-state index >= 15 is 0 Å². The number of benzene rings is 7. The van der Waals surface area contributed by atoms with Gasteiger partial charge in [0.15, 0.2) is 0 Å². The Labute approximate surface area is 268 Å². The van der Waals surface area contributed by atoms with E-state index in [0.717, 1.165) is 21.9 Å². The Hall–Kier alpha value is -5.70. The minimum Gasteiger partial charge on any atom is -0.456 e. The number of fused-ring (bicyclic) bond motifs is 6. The second-order valence-electron chi connectivity index (χ2n) is 12.1. The predicted octanol–water partition coefficient (Wildman–Crippen LogP) is 12.0. The molecule has 0 N–H and O–H groups in total. The van der Waals surface area contributed by atoms with Crippen LogP contribution in [-0.2, 0) is 18.0 Å². The van der Waals surface area contributed by atoms with E-state index in [9.17, 15) is 0 Å². The van der Waals surface area contributed by atoms with Crippen LogP contribution >= 0.6 is 0 Å². The molecule has 1 aliphatic rings. The number of hydrogen-bond donors (Lipinski definition) is 0. The molecule has 8 aromatic rings. The zero-order chi connectivity index (χ0) is 30.5. The Bertz CT molecular complexity index is 2320. The summed E-state index contributed by atoms with van der Waals surface area (Å²) in [7, 11) is 0. The van der Waals surface area contributed by atoms with E-state index < -0.39 is 0 Å². The van der Waals surface area contributed by atoms with Crippen molar-refractivity contribution in [2.24, 2.45) is 0 Å². The van der Waals surface area contributed by atoms with Crippen molar-refractivity contribution in [3.8, 4) is 55.6 Å². The lowest BCUT2D eigenvalue weighted by Crippen LogP contribution is -1.92. The van der Waals surface area contributed by atoms with E-state index in [4.69, 9.17) is 9.15 Å². The maximum Gasteiger partial charge on any atom is 0.135 e. The number of para-hydroxylation sites is 1. The molecule has 0 saturated heterocycles. The van der Waals surface area contributed by atoms with E-state index in [1.807, 2.05) is 12.1 Å². The number of rotatable bonds is 4. The number of hydrogen-bond acceptors (Lipinski definition) is 2. The van der Waals surface area contributed by atoms with Crippen LogP contribution in [0.5, 0.6) is 0 Å². The molecular weight excluding hydrogens is 560 g/mol. The van der Waals surface area contributed by atoms with Crippen molar-refractivity contribution in [3.05, 3.63) is 169 Å². The van der Waals surface area contributed by atoms with Crippen LogP contribution in [0.4, 0.5) is 0 Å². The maximum absolute atomic E-state index is 6.25. The van der Waals surface area contributed by atoms with Gasteiger partial charge in [-0.3, -0.25) is 0 Å². The van der Waals surface area contributed by atoms with Gasteiger partial charge < -0.3 is 9.15 Å². The molecule has 0 fully saturated rings. The van der Waals surface area contributed by atoms with E-state index in [-0.39, 0.29) is 0 Å². The largest absolute Gasteiger partial charge is 0.456 e. The van der Waals surface area contributed by atoms with Gasteiger partial charge in [-0.25, -0.2) is 0 Å². The molecule has 0 aliphatic carbocycles. The third-order valence-electron chi connectivity index (χ3n) is 9.21. The molecule has 0 bridgehead atoms. The first-order chi connectivity index (χ1) is 22.8. The van der Waals surface area contributed by atoms with Gasteiger partial charge in [-0.2, -0.15) is 0 Å². The lowest BCUT2D eigenvalue weighted by Gasteiger charge is -2.15. The monoisotopic (exact) mass is 590 g/mol. The summed E-state index contributed by atoms with van der Waals surface area (Å²) in [5.74, 6) is 0. The fourth-order valence-electron chi connectivity index (χ4n) is 6.85. The highest BCUT2D eigenvalue weighted by Gasteiger charge is 2.18. The summed E-state index contributed by atoms with van der Waals surface area (Å²) in [5, 5.41) is 2.29. The summed E-state index contributed by atoms with van der Waals surface area (Å²) in [5.41, 5.74) is 16.3. The minimum absolute atomic E-state index is 0.573. The van der Waals surface area contributed by atoms with Gasteiger partial charge in [-0.1, -0.05) is 109 Å². The molecule has 0 radical (unpaired) electrons. The molecule has 7 aromatic carbocycles. The molecule has 218 valence electrons. The standard InChI is InChI=1S/C44H30O2/c1-3-9-29(10-4-1)35-22-36(30-11-5-2-6-12-30)24-37(23-35)31-17-19-39-38(21-31)28-45-27-34-16-15-32(25-41(34)39)33-18-20-44-42(26-33)40-13-7-8-14-43(40)46-44/h1-26H,27-28H2. The van der Waals surface area contributed by atoms with Gasteiger partial charge in [-0.05, 0) is 115 Å². The van der Waals surface area contributed by atoms with Crippen LogP contribution in [0, 0.1) is 0 Å². The van der Waals surface area contributed by atoms with E-state index in [2.05, 4.69) is 146 Å². The van der Waals surface area contributed by atoms with Crippen molar-refractivity contribution >= 4 is 21.9 Å². The van der Waals surface area contributed by atoms with E-state index in [0.29, 0.717) is 13.2 Å². The van der Waals surface area contributed by atoms with Crippen LogP contribution < -0.4 is 0 Å². The molecule has 2 nitrogen and oxygen atoms in total. The number of ether oxygens (including phenoxy) is 1. The molecule has 0 unspecified atom stereocenters. The summed E-state index contributed by atoms with van der Waals surface area (Å²) in [6, 6.07) is 56.6. The maximum atomic E-state index is 6.25. The first-order valence-electron chi connectivity index (χ1n) is 15.8. The molecular formula is C44H30O2. The molecule has 1 aliphatic heterocycles. The van der Waals surface area contributed by atoms with Crippen LogP contribution in [0.1, 0.15) is 11.1 Å². The number of furan rings is 1. The van der Waals surface area contributed by atoms with Gasteiger partial charge in [0.1, 0.15) is 11.2 Å². The van der Waals surface area contributed by atoms with Gasteiger partial charge in [-0.15, -0.1) is 0 Å². The topological polar surface area (TPSA) is 22.4 Å². The third kappa shape index (κ3) is 4.72. The fraction of sp³-hybridized carbons (Fsp3) is 0.0455. The quantitative estimate of drug-likeness (QED) is 0.203. The van der Waals surface area contributed by atoms with Crippen molar-refractivity contribution in [2.75, 3.05) is 0 Å². The van der Waals surface area contributed by atoms with Gasteiger partial charge >= 0.3 is 0 Å². The Morgan fingerprint density at radius 2 is 0.891 bits per heavy atom. The van der Waals surface area contributed by atoms with Crippen molar-refractivity contribution < 1.29 is 9.15 Å². The molecule has 9 rings (SSSR count). The van der Waals surface area contributed by atoms with Crippen LogP contribution in [0.2, 0.25) is 0 Å². The highest BCUT2D eigenvalue weighted by Crippen LogP contribution is 2.40. The van der Waals surface area contributed by atoms with Crippen LogP contribution in [0.25, 0.3) is 77.6 Å². The normalized spacial score (nSPS) is 12.5. The minimum atomic E-state index is 0.573. The SMILES string of the molecule is c1ccc(-c2cc(-c3ccccc3)cc(-c3ccc4c(c3)COCc3ccc(-c5ccc6oc7ccccc7c6c5)cc3-4)c2)cc1. The zero-order valence-electron chi connectivity index (χ0n) is 25.2.